The second-order valence-electron chi connectivity index (χ2n) is 9.46. The van der Waals surface area contributed by atoms with Crippen LogP contribution in [0.3, 0.4) is 0 Å². The summed E-state index contributed by atoms with van der Waals surface area (Å²) in [6.07, 6.45) is 5.50. The molecule has 1 saturated heterocycles. The minimum Gasteiger partial charge on any atom is -0.370 e. The molecule has 0 spiro atoms. The van der Waals surface area contributed by atoms with Crippen molar-refractivity contribution in [3.8, 4) is 0 Å². The number of amides is 2. The number of unbranched alkanes of at least 4 members (excludes halogenated alkanes) is 3. The van der Waals surface area contributed by atoms with Crippen LogP contribution in [-0.4, -0.2) is 33.3 Å². The number of sulfonamides is 1. The van der Waals surface area contributed by atoms with Crippen molar-refractivity contribution in [2.45, 2.75) is 69.7 Å². The molecule has 1 heterocycles. The Hall–Kier alpha value is -2.91. The Morgan fingerprint density at radius 2 is 1.75 bits per heavy atom. The minimum atomic E-state index is -3.93. The van der Waals surface area contributed by atoms with Gasteiger partial charge in [-0.15, -0.1) is 0 Å². The van der Waals surface area contributed by atoms with Gasteiger partial charge in [-0.05, 0) is 49.9 Å². The molecule has 1 atom stereocenters. The molecule has 8 nitrogen and oxygen atoms in total. The van der Waals surface area contributed by atoms with Gasteiger partial charge in [-0.25, -0.2) is 13.1 Å². The van der Waals surface area contributed by atoms with Gasteiger partial charge in [0, 0.05) is 37.2 Å². The number of carbonyl (C=O) groups is 2. The molecular weight excluding hydrogens is 476 g/mol. The zero-order valence-electron chi connectivity index (χ0n) is 21.2. The van der Waals surface area contributed by atoms with Crippen molar-refractivity contribution in [1.82, 2.24) is 4.72 Å². The molecule has 0 saturated carbocycles. The van der Waals surface area contributed by atoms with Crippen molar-refractivity contribution < 1.29 is 18.0 Å². The molecular formula is C27H38N4O4S. The topological polar surface area (TPSA) is 122 Å². The molecule has 36 heavy (non-hydrogen) atoms. The van der Waals surface area contributed by atoms with Crippen molar-refractivity contribution in [3.05, 3.63) is 54.1 Å². The fourth-order valence-electron chi connectivity index (χ4n) is 4.52. The molecule has 2 amide bonds. The lowest BCUT2D eigenvalue weighted by Crippen LogP contribution is -2.39. The standard InChI is InChI=1S/C27H38N4O4S/c1-3-4-5-9-12-26(32)29-23-13-14-24(31-17-15-22(16-18-31)27(28)33)25(19-23)36(34,35)30-20(2)21-10-7-6-8-11-21/h6-8,10-11,13-14,19-20,22,30H,3-5,9,12,15-18H2,1-2H3,(H2,28,33)(H,29,32)/t20-/m0/s1. The van der Waals surface area contributed by atoms with Gasteiger partial charge in [0.1, 0.15) is 4.90 Å². The number of piperidine rings is 1. The predicted octanol–water partition coefficient (Wildman–Crippen LogP) is 4.34. The molecule has 4 N–H and O–H groups in total. The highest BCUT2D eigenvalue weighted by Gasteiger charge is 2.29. The van der Waals surface area contributed by atoms with Crippen LogP contribution in [0.4, 0.5) is 11.4 Å². The van der Waals surface area contributed by atoms with Gasteiger partial charge in [0.15, 0.2) is 0 Å². The van der Waals surface area contributed by atoms with Crippen molar-refractivity contribution in [2.24, 2.45) is 11.7 Å². The summed E-state index contributed by atoms with van der Waals surface area (Å²) in [6.45, 7) is 4.96. The van der Waals surface area contributed by atoms with Crippen LogP contribution in [0.5, 0.6) is 0 Å². The van der Waals surface area contributed by atoms with Crippen LogP contribution >= 0.6 is 0 Å². The number of rotatable bonds is 12. The summed E-state index contributed by atoms with van der Waals surface area (Å²) in [7, 11) is -3.93. The summed E-state index contributed by atoms with van der Waals surface area (Å²) >= 11 is 0. The summed E-state index contributed by atoms with van der Waals surface area (Å²) in [5.41, 5.74) is 7.31. The lowest BCUT2D eigenvalue weighted by Gasteiger charge is -2.33. The van der Waals surface area contributed by atoms with Gasteiger partial charge >= 0.3 is 0 Å². The van der Waals surface area contributed by atoms with E-state index in [1.807, 2.05) is 35.2 Å². The smallest absolute Gasteiger partial charge is 0.243 e. The van der Waals surface area contributed by atoms with E-state index in [0.717, 1.165) is 31.2 Å². The van der Waals surface area contributed by atoms with E-state index < -0.39 is 16.1 Å². The Morgan fingerprint density at radius 1 is 1.06 bits per heavy atom. The molecule has 9 heteroatoms. The van der Waals surface area contributed by atoms with Crippen LogP contribution < -0.4 is 20.7 Å². The molecule has 196 valence electrons. The Morgan fingerprint density at radius 3 is 2.39 bits per heavy atom. The van der Waals surface area contributed by atoms with Gasteiger partial charge in [-0.2, -0.15) is 0 Å². The zero-order chi connectivity index (χ0) is 26.1. The molecule has 2 aromatic carbocycles. The maximum absolute atomic E-state index is 13.6. The summed E-state index contributed by atoms with van der Waals surface area (Å²) in [4.78, 5) is 26.1. The number of nitrogens with two attached hydrogens (primary N) is 1. The molecule has 3 rings (SSSR count). The quantitative estimate of drug-likeness (QED) is 0.364. The Labute approximate surface area is 214 Å². The summed E-state index contributed by atoms with van der Waals surface area (Å²) in [5, 5.41) is 2.86. The molecule has 0 aromatic heterocycles. The van der Waals surface area contributed by atoms with E-state index in [1.165, 1.54) is 6.07 Å². The molecule has 0 bridgehead atoms. The first-order valence-corrected chi connectivity index (χ1v) is 14.2. The van der Waals surface area contributed by atoms with E-state index in [2.05, 4.69) is 17.0 Å². The monoisotopic (exact) mass is 514 g/mol. The van der Waals surface area contributed by atoms with Crippen molar-refractivity contribution in [3.63, 3.8) is 0 Å². The fourth-order valence-corrected chi connectivity index (χ4v) is 6.00. The van der Waals surface area contributed by atoms with Gasteiger partial charge in [0.2, 0.25) is 21.8 Å². The van der Waals surface area contributed by atoms with E-state index in [-0.39, 0.29) is 22.6 Å². The van der Waals surface area contributed by atoms with E-state index in [9.17, 15) is 18.0 Å². The summed E-state index contributed by atoms with van der Waals surface area (Å²) in [5.74, 6) is -0.656. The van der Waals surface area contributed by atoms with Crippen molar-refractivity contribution >= 4 is 33.2 Å². The molecule has 1 fully saturated rings. The highest BCUT2D eigenvalue weighted by Crippen LogP contribution is 2.32. The van der Waals surface area contributed by atoms with Crippen LogP contribution in [0.1, 0.15) is 70.4 Å². The van der Waals surface area contributed by atoms with Gasteiger partial charge in [-0.3, -0.25) is 9.59 Å². The Balaban J connectivity index is 1.85. The third kappa shape index (κ3) is 7.54. The zero-order valence-corrected chi connectivity index (χ0v) is 22.0. The van der Waals surface area contributed by atoms with Gasteiger partial charge in [-0.1, -0.05) is 56.5 Å². The lowest BCUT2D eigenvalue weighted by atomic mass is 9.96. The largest absolute Gasteiger partial charge is 0.370 e. The first-order valence-electron chi connectivity index (χ1n) is 12.8. The Kier molecular flexibility index (Phi) is 9.89. The summed E-state index contributed by atoms with van der Waals surface area (Å²) < 4.78 is 30.0. The van der Waals surface area contributed by atoms with Crippen molar-refractivity contribution in [2.75, 3.05) is 23.3 Å². The van der Waals surface area contributed by atoms with Gasteiger partial charge < -0.3 is 16.0 Å². The first kappa shape index (κ1) is 27.7. The van der Waals surface area contributed by atoms with Crippen molar-refractivity contribution in [1.29, 1.82) is 0 Å². The van der Waals surface area contributed by atoms with Crippen LogP contribution in [-0.2, 0) is 19.6 Å². The average Bonchev–Trinajstić information content (AvgIpc) is 2.87. The van der Waals surface area contributed by atoms with Crippen LogP contribution in [0.15, 0.2) is 53.4 Å². The molecule has 2 aromatic rings. The third-order valence-corrected chi connectivity index (χ3v) is 8.23. The van der Waals surface area contributed by atoms with Crippen LogP contribution in [0, 0.1) is 5.92 Å². The first-order chi connectivity index (χ1) is 17.2. The highest BCUT2D eigenvalue weighted by atomic mass is 32.2. The number of hydrogen-bond donors (Lipinski definition) is 3. The number of nitrogens with one attached hydrogen (secondary N) is 2. The highest BCUT2D eigenvalue weighted by molar-refractivity contribution is 7.89. The van der Waals surface area contributed by atoms with Gasteiger partial charge in [0.05, 0.1) is 5.69 Å². The van der Waals surface area contributed by atoms with E-state index in [0.29, 0.717) is 43.7 Å². The second-order valence-corrected chi connectivity index (χ2v) is 11.1. The van der Waals surface area contributed by atoms with E-state index >= 15 is 0 Å². The molecule has 0 unspecified atom stereocenters. The number of hydrogen-bond acceptors (Lipinski definition) is 5. The molecule has 0 aliphatic carbocycles. The van der Waals surface area contributed by atoms with Crippen LogP contribution in [0.2, 0.25) is 0 Å². The van der Waals surface area contributed by atoms with Crippen LogP contribution in [0.25, 0.3) is 0 Å². The Bertz CT molecular complexity index is 1130. The molecule has 0 radical (unpaired) electrons. The summed E-state index contributed by atoms with van der Waals surface area (Å²) in [6, 6.07) is 13.9. The number of benzene rings is 2. The predicted molar refractivity (Wildman–Crippen MR) is 143 cm³/mol. The van der Waals surface area contributed by atoms with Gasteiger partial charge in [0.25, 0.3) is 0 Å². The normalized spacial score (nSPS) is 15.4. The number of anilines is 2. The number of primary amides is 1. The minimum absolute atomic E-state index is 0.103. The van der Waals surface area contributed by atoms with E-state index in [1.54, 1.807) is 19.1 Å². The average molecular weight is 515 g/mol. The number of carbonyl (C=O) groups excluding carboxylic acids is 2. The third-order valence-electron chi connectivity index (χ3n) is 6.66. The fraction of sp³-hybridized carbons (Fsp3) is 0.481. The van der Waals surface area contributed by atoms with E-state index in [4.69, 9.17) is 5.73 Å². The lowest BCUT2D eigenvalue weighted by molar-refractivity contribution is -0.122. The molecule has 1 aliphatic heterocycles. The SMILES string of the molecule is CCCCCCC(=O)Nc1ccc(N2CCC(C(N)=O)CC2)c(S(=O)(=O)N[C@@H](C)c2ccccc2)c1. The second kappa shape index (κ2) is 12.9. The maximum Gasteiger partial charge on any atom is 0.243 e. The number of nitrogens with zero attached hydrogens (tertiary/aromatic N) is 1. The maximum atomic E-state index is 13.6. The molecule has 1 aliphatic rings.